The molecule has 2 aromatic carbocycles. The Hall–Kier alpha value is -3.01. The molecular weight excluding hydrogens is 346 g/mol. The molecule has 0 bridgehead atoms. The Balaban J connectivity index is 1.44. The second-order valence-electron chi connectivity index (χ2n) is 7.47. The third kappa shape index (κ3) is 4.11. The first kappa shape index (κ1) is 18.4. The number of aryl methyl sites for hydroxylation is 1. The number of hydrogen-bond acceptors (Lipinski definition) is 2. The molecule has 4 nitrogen and oxygen atoms in total. The highest BCUT2D eigenvalue weighted by molar-refractivity contribution is 5.77. The normalized spacial score (nSPS) is 15.5. The molecule has 1 aromatic heterocycles. The van der Waals surface area contributed by atoms with Gasteiger partial charge in [-0.3, -0.25) is 4.79 Å². The van der Waals surface area contributed by atoms with E-state index in [9.17, 15) is 4.79 Å². The Labute approximate surface area is 167 Å². The second kappa shape index (κ2) is 8.34. The summed E-state index contributed by atoms with van der Waals surface area (Å²) in [5, 5.41) is 0. The van der Waals surface area contributed by atoms with Gasteiger partial charge in [-0.2, -0.15) is 0 Å². The molecule has 28 heavy (non-hydrogen) atoms. The fourth-order valence-corrected chi connectivity index (χ4v) is 3.98. The monoisotopic (exact) mass is 373 g/mol. The molecule has 1 atom stereocenters. The molecule has 4 rings (SSSR count). The molecule has 1 saturated heterocycles. The molecular formula is C24H27N3O. The van der Waals surface area contributed by atoms with Crippen LogP contribution in [0.25, 0.3) is 0 Å². The number of hydrogen-bond donors (Lipinski definition) is 0. The lowest BCUT2D eigenvalue weighted by molar-refractivity contribution is -0.132. The maximum absolute atomic E-state index is 13.1. The van der Waals surface area contributed by atoms with Gasteiger partial charge in [-0.15, -0.1) is 0 Å². The Morgan fingerprint density at radius 1 is 0.893 bits per heavy atom. The summed E-state index contributed by atoms with van der Waals surface area (Å²) < 4.78 is 2.15. The quantitative estimate of drug-likeness (QED) is 0.673. The minimum atomic E-state index is 0.0366. The molecule has 0 spiro atoms. The van der Waals surface area contributed by atoms with Crippen LogP contribution in [0.2, 0.25) is 0 Å². The number of aromatic nitrogens is 1. The molecule has 0 saturated carbocycles. The lowest BCUT2D eigenvalue weighted by atomic mass is 10.0. The maximum Gasteiger partial charge on any atom is 0.225 e. The topological polar surface area (TPSA) is 28.5 Å². The highest BCUT2D eigenvalue weighted by Gasteiger charge is 2.25. The first-order valence-electron chi connectivity index (χ1n) is 9.97. The predicted molar refractivity (Wildman–Crippen MR) is 114 cm³/mol. The Kier molecular flexibility index (Phi) is 5.47. The van der Waals surface area contributed by atoms with Gasteiger partial charge < -0.3 is 14.4 Å². The van der Waals surface area contributed by atoms with E-state index in [2.05, 4.69) is 64.9 Å². The minimum absolute atomic E-state index is 0.0366. The first-order valence-corrected chi connectivity index (χ1v) is 9.97. The zero-order chi connectivity index (χ0) is 19.3. The minimum Gasteiger partial charge on any atom is -0.368 e. The molecule has 144 valence electrons. The summed E-state index contributed by atoms with van der Waals surface area (Å²) in [4.78, 5) is 17.5. The van der Waals surface area contributed by atoms with Crippen molar-refractivity contribution in [3.63, 3.8) is 0 Å². The van der Waals surface area contributed by atoms with Crippen LogP contribution in [0.1, 0.15) is 23.6 Å². The van der Waals surface area contributed by atoms with Crippen LogP contribution in [0.5, 0.6) is 0 Å². The van der Waals surface area contributed by atoms with Crippen molar-refractivity contribution in [2.75, 3.05) is 31.1 Å². The number of anilines is 1. The highest BCUT2D eigenvalue weighted by Crippen LogP contribution is 2.25. The molecule has 0 aliphatic carbocycles. The van der Waals surface area contributed by atoms with E-state index in [4.69, 9.17) is 0 Å². The zero-order valence-corrected chi connectivity index (χ0v) is 16.4. The van der Waals surface area contributed by atoms with Crippen LogP contribution in [0.3, 0.4) is 0 Å². The van der Waals surface area contributed by atoms with Gasteiger partial charge in [0.25, 0.3) is 0 Å². The molecule has 3 aromatic rings. The summed E-state index contributed by atoms with van der Waals surface area (Å²) >= 11 is 0. The number of piperazine rings is 1. The van der Waals surface area contributed by atoms with Crippen molar-refractivity contribution in [3.05, 3.63) is 90.3 Å². The van der Waals surface area contributed by atoms with Crippen LogP contribution < -0.4 is 4.90 Å². The molecule has 1 amide bonds. The predicted octanol–water partition coefficient (Wildman–Crippen LogP) is 4.12. The van der Waals surface area contributed by atoms with E-state index in [-0.39, 0.29) is 11.9 Å². The van der Waals surface area contributed by atoms with E-state index in [1.54, 1.807) is 0 Å². The fraction of sp³-hybridized carbons (Fsp3) is 0.292. The molecule has 4 heteroatoms. The van der Waals surface area contributed by atoms with Crippen LogP contribution in [0.15, 0.2) is 79.1 Å². The summed E-state index contributed by atoms with van der Waals surface area (Å²) in [5.41, 5.74) is 3.64. The van der Waals surface area contributed by atoms with Crippen LogP contribution in [-0.2, 0) is 4.79 Å². The van der Waals surface area contributed by atoms with Gasteiger partial charge in [0.15, 0.2) is 0 Å². The molecule has 0 unspecified atom stereocenters. The van der Waals surface area contributed by atoms with Crippen LogP contribution in [0.4, 0.5) is 5.69 Å². The summed E-state index contributed by atoms with van der Waals surface area (Å²) in [7, 11) is 0. The standard InChI is InChI=1S/C24H27N3O/c1-20-8-7-9-21(18-20)23(26-12-5-6-13-26)19-24(28)27-16-14-25(15-17-27)22-10-3-2-4-11-22/h2-13,18,23H,14-17,19H2,1H3/t23-/m0/s1. The Bertz CT molecular complexity index is 897. The zero-order valence-electron chi connectivity index (χ0n) is 16.4. The SMILES string of the molecule is Cc1cccc([C@H](CC(=O)N2CCN(c3ccccc3)CC2)n2cccc2)c1. The highest BCUT2D eigenvalue weighted by atomic mass is 16.2. The average molecular weight is 374 g/mol. The average Bonchev–Trinajstić information content (AvgIpc) is 3.27. The van der Waals surface area contributed by atoms with E-state index in [0.717, 1.165) is 26.2 Å². The van der Waals surface area contributed by atoms with Crippen molar-refractivity contribution in [1.82, 2.24) is 9.47 Å². The van der Waals surface area contributed by atoms with Crippen molar-refractivity contribution < 1.29 is 4.79 Å². The van der Waals surface area contributed by atoms with E-state index in [1.807, 2.05) is 35.5 Å². The van der Waals surface area contributed by atoms with E-state index in [0.29, 0.717) is 6.42 Å². The third-order valence-corrected chi connectivity index (χ3v) is 5.54. The van der Waals surface area contributed by atoms with Gasteiger partial charge in [0.1, 0.15) is 0 Å². The smallest absolute Gasteiger partial charge is 0.225 e. The molecule has 2 heterocycles. The van der Waals surface area contributed by atoms with Gasteiger partial charge in [-0.05, 0) is 36.8 Å². The lowest BCUT2D eigenvalue weighted by Crippen LogP contribution is -2.49. The van der Waals surface area contributed by atoms with Crippen molar-refractivity contribution in [1.29, 1.82) is 0 Å². The summed E-state index contributed by atoms with van der Waals surface area (Å²) in [6.45, 7) is 5.42. The van der Waals surface area contributed by atoms with Gasteiger partial charge >= 0.3 is 0 Å². The maximum atomic E-state index is 13.1. The number of nitrogens with zero attached hydrogens (tertiary/aromatic N) is 3. The molecule has 0 N–H and O–H groups in total. The second-order valence-corrected chi connectivity index (χ2v) is 7.47. The molecule has 1 aliphatic rings. The van der Waals surface area contributed by atoms with Gasteiger partial charge in [0.05, 0.1) is 12.5 Å². The van der Waals surface area contributed by atoms with Crippen molar-refractivity contribution >= 4 is 11.6 Å². The number of carbonyl (C=O) groups is 1. The molecule has 1 fully saturated rings. The van der Waals surface area contributed by atoms with Crippen molar-refractivity contribution in [2.24, 2.45) is 0 Å². The van der Waals surface area contributed by atoms with E-state index in [1.165, 1.54) is 16.8 Å². The summed E-state index contributed by atoms with van der Waals surface area (Å²) in [6, 6.07) is 23.0. The van der Waals surface area contributed by atoms with Crippen LogP contribution in [-0.4, -0.2) is 41.6 Å². The summed E-state index contributed by atoms with van der Waals surface area (Å²) in [5.74, 6) is 0.230. The first-order chi connectivity index (χ1) is 13.7. The van der Waals surface area contributed by atoms with Crippen molar-refractivity contribution in [3.8, 4) is 0 Å². The number of amides is 1. The van der Waals surface area contributed by atoms with Gasteiger partial charge in [0.2, 0.25) is 5.91 Å². The van der Waals surface area contributed by atoms with Gasteiger partial charge in [0, 0.05) is 44.3 Å². The molecule has 0 radical (unpaired) electrons. The third-order valence-electron chi connectivity index (χ3n) is 5.54. The van der Waals surface area contributed by atoms with Crippen molar-refractivity contribution in [2.45, 2.75) is 19.4 Å². The van der Waals surface area contributed by atoms with Gasteiger partial charge in [-0.25, -0.2) is 0 Å². The Morgan fingerprint density at radius 3 is 2.29 bits per heavy atom. The van der Waals surface area contributed by atoms with E-state index < -0.39 is 0 Å². The fourth-order valence-electron chi connectivity index (χ4n) is 3.98. The van der Waals surface area contributed by atoms with E-state index >= 15 is 0 Å². The van der Waals surface area contributed by atoms with Crippen LogP contribution in [0, 0.1) is 6.92 Å². The van der Waals surface area contributed by atoms with Gasteiger partial charge in [-0.1, -0.05) is 48.0 Å². The number of rotatable bonds is 5. The summed E-state index contributed by atoms with van der Waals surface area (Å²) in [6.07, 6.45) is 4.59. The molecule has 1 aliphatic heterocycles. The number of benzene rings is 2. The number of para-hydroxylation sites is 1. The largest absolute Gasteiger partial charge is 0.368 e. The lowest BCUT2D eigenvalue weighted by Gasteiger charge is -2.36. The number of carbonyl (C=O) groups excluding carboxylic acids is 1. The van der Waals surface area contributed by atoms with Crippen LogP contribution >= 0.6 is 0 Å². The Morgan fingerprint density at radius 2 is 1.61 bits per heavy atom.